The maximum absolute atomic E-state index is 5.98. The summed E-state index contributed by atoms with van der Waals surface area (Å²) in [6.45, 7) is 4.78. The van der Waals surface area contributed by atoms with Crippen LogP contribution in [0.25, 0.3) is 0 Å². The standard InChI is InChI=1S/C14H16ClN/c1-3-12(2)7-6-10-16-11-13-8-4-5-9-14(13)15/h4-5,8-9,11-12H,3,10H2,1-2H3/b16-11+. The second kappa shape index (κ2) is 7.09. The van der Waals surface area contributed by atoms with Crippen molar-refractivity contribution in [3.8, 4) is 11.8 Å². The molecule has 0 fully saturated rings. The lowest BCUT2D eigenvalue weighted by molar-refractivity contribution is 0.723. The fourth-order valence-electron chi connectivity index (χ4n) is 1.09. The molecule has 0 radical (unpaired) electrons. The molecule has 0 saturated heterocycles. The average Bonchev–Trinajstić information content (AvgIpc) is 2.30. The number of halogens is 1. The molecule has 0 bridgehead atoms. The molecule has 2 heteroatoms. The molecule has 84 valence electrons. The fraction of sp³-hybridized carbons (Fsp3) is 0.357. The fourth-order valence-corrected chi connectivity index (χ4v) is 1.28. The highest BCUT2D eigenvalue weighted by molar-refractivity contribution is 6.33. The Kier molecular flexibility index (Phi) is 5.67. The number of hydrogen-bond donors (Lipinski definition) is 0. The molecule has 16 heavy (non-hydrogen) atoms. The molecule has 1 aromatic rings. The van der Waals surface area contributed by atoms with Crippen LogP contribution in [0.2, 0.25) is 5.02 Å². The molecule has 0 N–H and O–H groups in total. The lowest BCUT2D eigenvalue weighted by Crippen LogP contribution is -1.87. The van der Waals surface area contributed by atoms with Gasteiger partial charge in [0.25, 0.3) is 0 Å². The molecule has 0 amide bonds. The smallest absolute Gasteiger partial charge is 0.0997 e. The van der Waals surface area contributed by atoms with E-state index in [9.17, 15) is 0 Å². The normalized spacial score (nSPS) is 12.2. The first-order valence-corrected chi connectivity index (χ1v) is 5.84. The first-order valence-electron chi connectivity index (χ1n) is 5.46. The average molecular weight is 234 g/mol. The monoisotopic (exact) mass is 233 g/mol. The van der Waals surface area contributed by atoms with Crippen molar-refractivity contribution in [1.82, 2.24) is 0 Å². The van der Waals surface area contributed by atoms with Gasteiger partial charge >= 0.3 is 0 Å². The zero-order chi connectivity index (χ0) is 11.8. The van der Waals surface area contributed by atoms with E-state index in [1.807, 2.05) is 24.3 Å². The molecule has 0 heterocycles. The van der Waals surface area contributed by atoms with E-state index in [4.69, 9.17) is 11.6 Å². The van der Waals surface area contributed by atoms with Gasteiger partial charge in [0.2, 0.25) is 0 Å². The van der Waals surface area contributed by atoms with Crippen LogP contribution >= 0.6 is 11.6 Å². The summed E-state index contributed by atoms with van der Waals surface area (Å²) in [6, 6.07) is 7.64. The largest absolute Gasteiger partial charge is 0.280 e. The summed E-state index contributed by atoms with van der Waals surface area (Å²) in [5.41, 5.74) is 0.939. The van der Waals surface area contributed by atoms with Crippen molar-refractivity contribution < 1.29 is 0 Å². The summed E-state index contributed by atoms with van der Waals surface area (Å²) >= 11 is 5.98. The SMILES string of the molecule is CCC(C)C#CC/N=C/c1ccccc1Cl. The van der Waals surface area contributed by atoms with Crippen LogP contribution in [-0.2, 0) is 0 Å². The summed E-state index contributed by atoms with van der Waals surface area (Å²) in [7, 11) is 0. The van der Waals surface area contributed by atoms with Crippen molar-refractivity contribution in [2.24, 2.45) is 10.9 Å². The van der Waals surface area contributed by atoms with Crippen LogP contribution in [0.4, 0.5) is 0 Å². The third kappa shape index (κ3) is 4.51. The van der Waals surface area contributed by atoms with Crippen LogP contribution in [0.15, 0.2) is 29.3 Å². The summed E-state index contributed by atoms with van der Waals surface area (Å²) in [5.74, 6) is 6.63. The first-order chi connectivity index (χ1) is 7.74. The minimum atomic E-state index is 0.454. The predicted octanol–water partition coefficient (Wildman–Crippen LogP) is 3.81. The summed E-state index contributed by atoms with van der Waals surface area (Å²) in [5, 5.41) is 0.723. The van der Waals surface area contributed by atoms with Crippen LogP contribution < -0.4 is 0 Å². The van der Waals surface area contributed by atoms with Crippen LogP contribution in [0.1, 0.15) is 25.8 Å². The molecule has 0 saturated carbocycles. The maximum atomic E-state index is 5.98. The van der Waals surface area contributed by atoms with Crippen LogP contribution in [0.5, 0.6) is 0 Å². The Hall–Kier alpha value is -1.26. The molecule has 1 rings (SSSR count). The van der Waals surface area contributed by atoms with Crippen LogP contribution in [0, 0.1) is 17.8 Å². The highest BCUT2D eigenvalue weighted by Gasteiger charge is 1.92. The molecule has 0 aliphatic carbocycles. The van der Waals surface area contributed by atoms with E-state index in [2.05, 4.69) is 30.7 Å². The topological polar surface area (TPSA) is 12.4 Å². The maximum Gasteiger partial charge on any atom is 0.0997 e. The second-order valence-electron chi connectivity index (χ2n) is 3.62. The third-order valence-electron chi connectivity index (χ3n) is 2.27. The van der Waals surface area contributed by atoms with Gasteiger partial charge in [-0.1, -0.05) is 55.5 Å². The van der Waals surface area contributed by atoms with Crippen molar-refractivity contribution >= 4 is 17.8 Å². The quantitative estimate of drug-likeness (QED) is 0.556. The minimum Gasteiger partial charge on any atom is -0.280 e. The Morgan fingerprint density at radius 1 is 1.44 bits per heavy atom. The van der Waals surface area contributed by atoms with Gasteiger partial charge in [0.05, 0.1) is 6.54 Å². The Morgan fingerprint density at radius 2 is 2.19 bits per heavy atom. The van der Waals surface area contributed by atoms with Crippen molar-refractivity contribution in [3.63, 3.8) is 0 Å². The number of nitrogens with zero attached hydrogens (tertiary/aromatic N) is 1. The van der Waals surface area contributed by atoms with Gasteiger partial charge in [-0.25, -0.2) is 0 Å². The van der Waals surface area contributed by atoms with E-state index < -0.39 is 0 Å². The Balaban J connectivity index is 2.49. The van der Waals surface area contributed by atoms with Crippen molar-refractivity contribution in [2.75, 3.05) is 6.54 Å². The first kappa shape index (κ1) is 12.8. The number of aliphatic imine (C=N–C) groups is 1. The van der Waals surface area contributed by atoms with E-state index in [1.165, 1.54) is 0 Å². The third-order valence-corrected chi connectivity index (χ3v) is 2.61. The van der Waals surface area contributed by atoms with Gasteiger partial charge in [-0.05, 0) is 12.5 Å². The molecule has 0 aromatic heterocycles. The van der Waals surface area contributed by atoms with Crippen molar-refractivity contribution in [2.45, 2.75) is 20.3 Å². The van der Waals surface area contributed by atoms with Crippen molar-refractivity contribution in [1.29, 1.82) is 0 Å². The molecule has 0 aliphatic rings. The highest BCUT2D eigenvalue weighted by Crippen LogP contribution is 2.12. The Morgan fingerprint density at radius 3 is 2.88 bits per heavy atom. The van der Waals surface area contributed by atoms with Crippen LogP contribution in [-0.4, -0.2) is 12.8 Å². The van der Waals surface area contributed by atoms with Crippen LogP contribution in [0.3, 0.4) is 0 Å². The van der Waals surface area contributed by atoms with Crippen molar-refractivity contribution in [3.05, 3.63) is 34.9 Å². The van der Waals surface area contributed by atoms with Gasteiger partial charge in [-0.2, -0.15) is 0 Å². The number of rotatable bonds is 3. The van der Waals surface area contributed by atoms with E-state index >= 15 is 0 Å². The van der Waals surface area contributed by atoms with Gasteiger partial charge in [0.15, 0.2) is 0 Å². The Labute approximate surface area is 103 Å². The number of benzene rings is 1. The lowest BCUT2D eigenvalue weighted by Gasteiger charge is -1.95. The lowest BCUT2D eigenvalue weighted by atomic mass is 10.1. The molecular formula is C14H16ClN. The summed E-state index contributed by atoms with van der Waals surface area (Å²) in [4.78, 5) is 4.23. The summed E-state index contributed by atoms with van der Waals surface area (Å²) < 4.78 is 0. The molecular weight excluding hydrogens is 218 g/mol. The minimum absolute atomic E-state index is 0.454. The predicted molar refractivity (Wildman–Crippen MR) is 71.1 cm³/mol. The molecule has 0 spiro atoms. The molecule has 1 unspecified atom stereocenters. The van der Waals surface area contributed by atoms with E-state index in [1.54, 1.807) is 6.21 Å². The van der Waals surface area contributed by atoms with Gasteiger partial charge in [-0.15, -0.1) is 0 Å². The molecule has 1 atom stereocenters. The molecule has 1 nitrogen and oxygen atoms in total. The van der Waals surface area contributed by atoms with Gasteiger partial charge in [-0.3, -0.25) is 4.99 Å². The highest BCUT2D eigenvalue weighted by atomic mass is 35.5. The Bertz CT molecular complexity index is 412. The second-order valence-corrected chi connectivity index (χ2v) is 4.03. The van der Waals surface area contributed by atoms with Gasteiger partial charge in [0.1, 0.15) is 0 Å². The van der Waals surface area contributed by atoms with E-state index in [0.29, 0.717) is 12.5 Å². The zero-order valence-corrected chi connectivity index (χ0v) is 10.5. The van der Waals surface area contributed by atoms with E-state index in [0.717, 1.165) is 17.0 Å². The van der Waals surface area contributed by atoms with E-state index in [-0.39, 0.29) is 0 Å². The summed E-state index contributed by atoms with van der Waals surface area (Å²) in [6.07, 6.45) is 2.86. The molecule has 0 aliphatic heterocycles. The van der Waals surface area contributed by atoms with Gasteiger partial charge < -0.3 is 0 Å². The molecule has 1 aromatic carbocycles. The van der Waals surface area contributed by atoms with Gasteiger partial charge in [0, 0.05) is 22.7 Å². The number of hydrogen-bond acceptors (Lipinski definition) is 1. The zero-order valence-electron chi connectivity index (χ0n) is 9.70.